The van der Waals surface area contributed by atoms with Gasteiger partial charge in [0.2, 0.25) is 0 Å². The van der Waals surface area contributed by atoms with Crippen LogP contribution in [-0.4, -0.2) is 11.0 Å². The molecule has 6 heteroatoms. The van der Waals surface area contributed by atoms with Gasteiger partial charge in [0.1, 0.15) is 5.82 Å². The van der Waals surface area contributed by atoms with E-state index in [1.165, 1.54) is 30.3 Å². The van der Waals surface area contributed by atoms with Crippen LogP contribution in [0.1, 0.15) is 22.1 Å². The fraction of sp³-hybridized carbons (Fsp3) is 0.0714. The summed E-state index contributed by atoms with van der Waals surface area (Å²) in [6, 6.07) is 7.93. The number of nitrogens with zero attached hydrogens (tertiary/aromatic N) is 1. The van der Waals surface area contributed by atoms with E-state index in [9.17, 15) is 18.7 Å². The lowest BCUT2D eigenvalue weighted by molar-refractivity contribution is 0.0932. The van der Waals surface area contributed by atoms with Crippen molar-refractivity contribution in [2.75, 3.05) is 4.90 Å². The van der Waals surface area contributed by atoms with Crippen LogP contribution in [0.3, 0.4) is 0 Å². The van der Waals surface area contributed by atoms with E-state index in [-0.39, 0.29) is 21.8 Å². The van der Waals surface area contributed by atoms with Crippen LogP contribution in [0.4, 0.5) is 14.5 Å². The van der Waals surface area contributed by atoms with Gasteiger partial charge in [0.15, 0.2) is 12.0 Å². The largest absolute Gasteiger partial charge is 0.369 e. The summed E-state index contributed by atoms with van der Waals surface area (Å²) in [5, 5.41) is 9.93. The number of aliphatic hydroxyl groups is 1. The first-order chi connectivity index (χ1) is 9.52. The Morgan fingerprint density at radius 2 is 1.85 bits per heavy atom. The Hall–Kier alpha value is -1.98. The topological polar surface area (TPSA) is 40.5 Å². The van der Waals surface area contributed by atoms with Gasteiger partial charge in [-0.1, -0.05) is 23.7 Å². The molecule has 1 N–H and O–H groups in total. The van der Waals surface area contributed by atoms with Gasteiger partial charge in [-0.25, -0.2) is 8.78 Å². The van der Waals surface area contributed by atoms with Gasteiger partial charge in [-0.3, -0.25) is 9.69 Å². The molecule has 1 heterocycles. The quantitative estimate of drug-likeness (QED) is 0.877. The molecule has 1 aliphatic heterocycles. The molecule has 2 aromatic rings. The van der Waals surface area contributed by atoms with Gasteiger partial charge in [0, 0.05) is 5.56 Å². The average Bonchev–Trinajstić information content (AvgIpc) is 2.67. The van der Waals surface area contributed by atoms with Gasteiger partial charge in [-0.15, -0.1) is 0 Å². The van der Waals surface area contributed by atoms with Gasteiger partial charge < -0.3 is 5.11 Å². The molecule has 1 aliphatic rings. The summed E-state index contributed by atoms with van der Waals surface area (Å²) in [6.45, 7) is 0. The summed E-state index contributed by atoms with van der Waals surface area (Å²) in [4.78, 5) is 13.0. The van der Waals surface area contributed by atoms with Crippen LogP contribution < -0.4 is 4.90 Å². The molecular formula is C14H8ClF2NO2. The molecule has 3 rings (SSSR count). The lowest BCUT2D eigenvalue weighted by Crippen LogP contribution is -2.28. The maximum atomic E-state index is 14.0. The Bertz CT molecular complexity index is 720. The molecule has 0 aliphatic carbocycles. The smallest absolute Gasteiger partial charge is 0.261 e. The minimum absolute atomic E-state index is 0.0110. The van der Waals surface area contributed by atoms with E-state index in [1.54, 1.807) is 0 Å². The van der Waals surface area contributed by atoms with Crippen molar-refractivity contribution in [3.05, 3.63) is 64.2 Å². The lowest BCUT2D eigenvalue weighted by atomic mass is 10.1. The van der Waals surface area contributed by atoms with Crippen LogP contribution in [0, 0.1) is 11.6 Å². The van der Waals surface area contributed by atoms with Gasteiger partial charge in [-0.2, -0.15) is 0 Å². The molecule has 0 saturated heterocycles. The number of hydrogen-bond donors (Lipinski definition) is 1. The molecule has 2 aromatic carbocycles. The summed E-state index contributed by atoms with van der Waals surface area (Å²) in [6.07, 6.45) is -1.58. The van der Waals surface area contributed by atoms with Crippen LogP contribution in [0.2, 0.25) is 5.02 Å². The number of anilines is 1. The zero-order chi connectivity index (χ0) is 14.4. The third-order valence-electron chi connectivity index (χ3n) is 3.20. The molecule has 3 nitrogen and oxygen atoms in total. The van der Waals surface area contributed by atoms with Crippen LogP contribution in [-0.2, 0) is 0 Å². The van der Waals surface area contributed by atoms with Crippen molar-refractivity contribution in [3.8, 4) is 0 Å². The maximum absolute atomic E-state index is 14.0. The highest BCUT2D eigenvalue weighted by Gasteiger charge is 2.40. The number of benzene rings is 2. The second-order valence-electron chi connectivity index (χ2n) is 4.32. The molecule has 0 saturated carbocycles. The first kappa shape index (κ1) is 13.0. The van der Waals surface area contributed by atoms with E-state index in [4.69, 9.17) is 11.6 Å². The van der Waals surface area contributed by atoms with E-state index in [1.807, 2.05) is 0 Å². The fourth-order valence-corrected chi connectivity index (χ4v) is 2.45. The summed E-state index contributed by atoms with van der Waals surface area (Å²) < 4.78 is 27.7. The lowest BCUT2D eigenvalue weighted by Gasteiger charge is -2.21. The molecule has 0 spiro atoms. The summed E-state index contributed by atoms with van der Waals surface area (Å²) >= 11 is 5.66. The van der Waals surface area contributed by atoms with Crippen molar-refractivity contribution in [2.45, 2.75) is 6.23 Å². The number of aliphatic hydroxyl groups excluding tert-OH is 1. The molecule has 102 valence electrons. The molecule has 0 aromatic heterocycles. The van der Waals surface area contributed by atoms with Crippen molar-refractivity contribution in [3.63, 3.8) is 0 Å². The van der Waals surface area contributed by atoms with E-state index in [2.05, 4.69) is 0 Å². The highest BCUT2D eigenvalue weighted by molar-refractivity contribution is 6.31. The normalized spacial score (nSPS) is 17.5. The van der Waals surface area contributed by atoms with E-state index < -0.39 is 23.8 Å². The number of fused-ring (bicyclic) bond motifs is 1. The molecular weight excluding hydrogens is 288 g/mol. The zero-order valence-corrected chi connectivity index (χ0v) is 10.7. The van der Waals surface area contributed by atoms with E-state index in [0.29, 0.717) is 0 Å². The predicted octanol–water partition coefficient (Wildman–Crippen LogP) is 3.27. The number of hydrogen-bond acceptors (Lipinski definition) is 2. The predicted molar refractivity (Wildman–Crippen MR) is 69.6 cm³/mol. The minimum atomic E-state index is -1.58. The SMILES string of the molecule is O=C1c2cccc(F)c2C(O)N1c1cccc(Cl)c1F. The molecule has 1 amide bonds. The first-order valence-corrected chi connectivity index (χ1v) is 6.14. The van der Waals surface area contributed by atoms with Crippen LogP contribution >= 0.6 is 11.6 Å². The Morgan fingerprint density at radius 1 is 1.15 bits per heavy atom. The standard InChI is InChI=1S/C14H8ClF2NO2/c15-8-4-2-6-10(12(8)17)18-13(19)7-3-1-5-9(16)11(7)14(18)20/h1-6,14,20H. The number of carbonyl (C=O) groups excluding carboxylic acids is 1. The van der Waals surface area contributed by atoms with Gasteiger partial charge >= 0.3 is 0 Å². The van der Waals surface area contributed by atoms with E-state index >= 15 is 0 Å². The van der Waals surface area contributed by atoms with Crippen LogP contribution in [0.15, 0.2) is 36.4 Å². The summed E-state index contributed by atoms with van der Waals surface area (Å²) in [5.41, 5.74) is -0.334. The number of halogens is 3. The second-order valence-corrected chi connectivity index (χ2v) is 4.73. The minimum Gasteiger partial charge on any atom is -0.369 e. The maximum Gasteiger partial charge on any atom is 0.261 e. The molecule has 0 bridgehead atoms. The van der Waals surface area contributed by atoms with Crippen molar-refractivity contribution < 1.29 is 18.7 Å². The Labute approximate surface area is 118 Å². The Morgan fingerprint density at radius 3 is 2.55 bits per heavy atom. The fourth-order valence-electron chi connectivity index (χ4n) is 2.28. The Kier molecular flexibility index (Phi) is 2.96. The molecule has 20 heavy (non-hydrogen) atoms. The number of rotatable bonds is 1. The summed E-state index contributed by atoms with van der Waals surface area (Å²) in [5.74, 6) is -2.23. The summed E-state index contributed by atoms with van der Waals surface area (Å²) in [7, 11) is 0. The zero-order valence-electron chi connectivity index (χ0n) is 9.98. The van der Waals surface area contributed by atoms with Crippen molar-refractivity contribution in [2.24, 2.45) is 0 Å². The molecule has 1 unspecified atom stereocenters. The monoisotopic (exact) mass is 295 g/mol. The average molecular weight is 296 g/mol. The van der Waals surface area contributed by atoms with Gasteiger partial charge in [-0.05, 0) is 24.3 Å². The van der Waals surface area contributed by atoms with Crippen LogP contribution in [0.25, 0.3) is 0 Å². The number of amides is 1. The second kappa shape index (κ2) is 4.54. The van der Waals surface area contributed by atoms with Crippen molar-refractivity contribution in [1.82, 2.24) is 0 Å². The van der Waals surface area contributed by atoms with Crippen molar-refractivity contribution >= 4 is 23.2 Å². The van der Waals surface area contributed by atoms with Crippen LogP contribution in [0.5, 0.6) is 0 Å². The van der Waals surface area contributed by atoms with Gasteiger partial charge in [0.05, 0.1) is 16.3 Å². The van der Waals surface area contributed by atoms with Crippen molar-refractivity contribution in [1.29, 1.82) is 0 Å². The highest BCUT2D eigenvalue weighted by atomic mass is 35.5. The highest BCUT2D eigenvalue weighted by Crippen LogP contribution is 2.39. The molecule has 0 fully saturated rings. The van der Waals surface area contributed by atoms with Gasteiger partial charge in [0.25, 0.3) is 5.91 Å². The Balaban J connectivity index is 2.17. The molecule has 1 atom stereocenters. The third-order valence-corrected chi connectivity index (χ3v) is 3.49. The third kappa shape index (κ3) is 1.71. The first-order valence-electron chi connectivity index (χ1n) is 5.76. The van der Waals surface area contributed by atoms with E-state index in [0.717, 1.165) is 11.0 Å². The molecule has 0 radical (unpaired) electrons. The number of carbonyl (C=O) groups is 1.